The van der Waals surface area contributed by atoms with Crippen molar-refractivity contribution in [3.63, 3.8) is 0 Å². The zero-order chi connectivity index (χ0) is 14.4. The van der Waals surface area contributed by atoms with Gasteiger partial charge in [0, 0.05) is 7.05 Å². The van der Waals surface area contributed by atoms with Gasteiger partial charge in [-0.2, -0.15) is 0 Å². The molecule has 2 heterocycles. The van der Waals surface area contributed by atoms with Gasteiger partial charge in [0.15, 0.2) is 0 Å². The summed E-state index contributed by atoms with van der Waals surface area (Å²) in [5.41, 5.74) is 5.60. The molecule has 1 aliphatic heterocycles. The van der Waals surface area contributed by atoms with Crippen molar-refractivity contribution in [2.24, 2.45) is 11.7 Å². The van der Waals surface area contributed by atoms with Crippen LogP contribution in [0.15, 0.2) is 22.8 Å². The molecule has 1 aromatic rings. The van der Waals surface area contributed by atoms with E-state index >= 15 is 0 Å². The second kappa shape index (κ2) is 7.45. The number of nitrogens with zero attached hydrogens (tertiary/aromatic N) is 2. The zero-order valence-electron chi connectivity index (χ0n) is 12.3. The highest BCUT2D eigenvalue weighted by Gasteiger charge is 2.21. The Morgan fingerprint density at radius 3 is 2.85 bits per heavy atom. The first-order chi connectivity index (χ1) is 9.69. The number of nitrogens with two attached hydrogens (primary N) is 1. The summed E-state index contributed by atoms with van der Waals surface area (Å²) in [7, 11) is 1.83. The van der Waals surface area contributed by atoms with Crippen molar-refractivity contribution < 1.29 is 9.21 Å². The fourth-order valence-corrected chi connectivity index (χ4v) is 2.71. The molecular weight excluding hydrogens is 254 g/mol. The van der Waals surface area contributed by atoms with Crippen molar-refractivity contribution >= 4 is 5.91 Å². The van der Waals surface area contributed by atoms with Crippen molar-refractivity contribution in [1.29, 1.82) is 0 Å². The van der Waals surface area contributed by atoms with Crippen molar-refractivity contribution in [2.45, 2.75) is 25.8 Å². The molecule has 2 N–H and O–H groups in total. The van der Waals surface area contributed by atoms with Crippen LogP contribution in [0.25, 0.3) is 0 Å². The van der Waals surface area contributed by atoms with Crippen LogP contribution in [0, 0.1) is 5.92 Å². The molecule has 0 aromatic carbocycles. The quantitative estimate of drug-likeness (QED) is 0.852. The maximum atomic E-state index is 12.2. The molecule has 5 heteroatoms. The fraction of sp³-hybridized carbons (Fsp3) is 0.667. The van der Waals surface area contributed by atoms with Gasteiger partial charge in [-0.1, -0.05) is 0 Å². The number of carbonyl (C=O) groups is 1. The predicted octanol–water partition coefficient (Wildman–Crippen LogP) is 1.30. The third-order valence-corrected chi connectivity index (χ3v) is 4.04. The molecule has 1 saturated heterocycles. The molecule has 1 amide bonds. The van der Waals surface area contributed by atoms with Gasteiger partial charge in [-0.15, -0.1) is 0 Å². The minimum Gasteiger partial charge on any atom is -0.467 e. The molecule has 0 spiro atoms. The summed E-state index contributed by atoms with van der Waals surface area (Å²) < 4.78 is 5.27. The minimum atomic E-state index is 0.152. The second-order valence-corrected chi connectivity index (χ2v) is 5.63. The lowest BCUT2D eigenvalue weighted by atomic mass is 9.94. The minimum absolute atomic E-state index is 0.152. The molecule has 112 valence electrons. The summed E-state index contributed by atoms with van der Waals surface area (Å²) in [6.45, 7) is 3.83. The van der Waals surface area contributed by atoms with Gasteiger partial charge in [0.05, 0.1) is 19.4 Å². The molecule has 20 heavy (non-hydrogen) atoms. The van der Waals surface area contributed by atoms with Gasteiger partial charge < -0.3 is 15.1 Å². The molecule has 0 saturated carbocycles. The van der Waals surface area contributed by atoms with Crippen LogP contribution in [-0.2, 0) is 11.3 Å². The van der Waals surface area contributed by atoms with Crippen LogP contribution >= 0.6 is 0 Å². The topological polar surface area (TPSA) is 62.7 Å². The Balaban J connectivity index is 1.72. The standard InChI is InChI=1S/C15H25N3O2/c1-17(11-14-3-2-10-20-14)15(19)12-18-8-5-13(4-7-16)6-9-18/h2-3,10,13H,4-9,11-12,16H2,1H3. The summed E-state index contributed by atoms with van der Waals surface area (Å²) >= 11 is 0. The van der Waals surface area contributed by atoms with Crippen LogP contribution in [0.5, 0.6) is 0 Å². The largest absolute Gasteiger partial charge is 0.467 e. The zero-order valence-corrected chi connectivity index (χ0v) is 12.3. The SMILES string of the molecule is CN(Cc1ccco1)C(=O)CN1CCC(CCN)CC1. The molecule has 1 aromatic heterocycles. The van der Waals surface area contributed by atoms with Crippen LogP contribution in [-0.4, -0.2) is 48.9 Å². The van der Waals surface area contributed by atoms with E-state index in [0.717, 1.165) is 50.6 Å². The number of piperidine rings is 1. The first kappa shape index (κ1) is 15.1. The van der Waals surface area contributed by atoms with Crippen LogP contribution in [0.3, 0.4) is 0 Å². The van der Waals surface area contributed by atoms with E-state index in [9.17, 15) is 4.79 Å². The third-order valence-electron chi connectivity index (χ3n) is 4.04. The van der Waals surface area contributed by atoms with E-state index in [4.69, 9.17) is 10.2 Å². The smallest absolute Gasteiger partial charge is 0.236 e. The Morgan fingerprint density at radius 1 is 1.50 bits per heavy atom. The number of likely N-dealkylation sites (tertiary alicyclic amines) is 1. The van der Waals surface area contributed by atoms with Crippen molar-refractivity contribution in [3.05, 3.63) is 24.2 Å². The average Bonchev–Trinajstić information content (AvgIpc) is 2.94. The van der Waals surface area contributed by atoms with Gasteiger partial charge in [0.1, 0.15) is 5.76 Å². The number of furan rings is 1. The number of hydrogen-bond acceptors (Lipinski definition) is 4. The Labute approximate surface area is 120 Å². The lowest BCUT2D eigenvalue weighted by molar-refractivity contribution is -0.132. The Bertz CT molecular complexity index is 397. The Morgan fingerprint density at radius 2 is 2.25 bits per heavy atom. The maximum absolute atomic E-state index is 12.2. The fourth-order valence-electron chi connectivity index (χ4n) is 2.71. The van der Waals surface area contributed by atoms with Crippen LogP contribution in [0.4, 0.5) is 0 Å². The Hall–Kier alpha value is -1.33. The van der Waals surface area contributed by atoms with Gasteiger partial charge in [-0.25, -0.2) is 0 Å². The van der Waals surface area contributed by atoms with Crippen LogP contribution < -0.4 is 5.73 Å². The van der Waals surface area contributed by atoms with E-state index in [1.807, 2.05) is 19.2 Å². The molecular formula is C15H25N3O2. The van der Waals surface area contributed by atoms with Gasteiger partial charge >= 0.3 is 0 Å². The second-order valence-electron chi connectivity index (χ2n) is 5.63. The van der Waals surface area contributed by atoms with Crippen molar-refractivity contribution in [2.75, 3.05) is 33.2 Å². The highest BCUT2D eigenvalue weighted by Crippen LogP contribution is 2.19. The molecule has 0 atom stereocenters. The average molecular weight is 279 g/mol. The Kier molecular flexibility index (Phi) is 5.61. The molecule has 1 aliphatic rings. The van der Waals surface area contributed by atoms with Gasteiger partial charge in [0.25, 0.3) is 0 Å². The number of amides is 1. The van der Waals surface area contributed by atoms with Gasteiger partial charge in [0.2, 0.25) is 5.91 Å². The van der Waals surface area contributed by atoms with E-state index < -0.39 is 0 Å². The molecule has 5 nitrogen and oxygen atoms in total. The number of rotatable bonds is 6. The summed E-state index contributed by atoms with van der Waals surface area (Å²) in [6.07, 6.45) is 5.06. The highest BCUT2D eigenvalue weighted by atomic mass is 16.3. The third kappa shape index (κ3) is 4.35. The van der Waals surface area contributed by atoms with E-state index in [1.165, 1.54) is 0 Å². The predicted molar refractivity (Wildman–Crippen MR) is 78.0 cm³/mol. The summed E-state index contributed by atoms with van der Waals surface area (Å²) in [5.74, 6) is 1.72. The summed E-state index contributed by atoms with van der Waals surface area (Å²) in [6, 6.07) is 3.73. The van der Waals surface area contributed by atoms with Crippen LogP contribution in [0.2, 0.25) is 0 Å². The molecule has 2 rings (SSSR count). The van der Waals surface area contributed by atoms with E-state index in [2.05, 4.69) is 4.90 Å². The van der Waals surface area contributed by atoms with E-state index in [0.29, 0.717) is 13.1 Å². The molecule has 0 radical (unpaired) electrons. The van der Waals surface area contributed by atoms with E-state index in [1.54, 1.807) is 11.2 Å². The van der Waals surface area contributed by atoms with Crippen molar-refractivity contribution in [3.8, 4) is 0 Å². The number of hydrogen-bond donors (Lipinski definition) is 1. The first-order valence-corrected chi connectivity index (χ1v) is 7.38. The first-order valence-electron chi connectivity index (χ1n) is 7.38. The molecule has 1 fully saturated rings. The summed E-state index contributed by atoms with van der Waals surface area (Å²) in [4.78, 5) is 16.1. The number of carbonyl (C=O) groups excluding carboxylic acids is 1. The monoisotopic (exact) mass is 279 g/mol. The van der Waals surface area contributed by atoms with E-state index in [-0.39, 0.29) is 5.91 Å². The normalized spacial score (nSPS) is 17.3. The lowest BCUT2D eigenvalue weighted by Gasteiger charge is -2.32. The van der Waals surface area contributed by atoms with Gasteiger partial charge in [-0.3, -0.25) is 9.69 Å². The molecule has 0 bridgehead atoms. The lowest BCUT2D eigenvalue weighted by Crippen LogP contribution is -2.42. The highest BCUT2D eigenvalue weighted by molar-refractivity contribution is 5.77. The molecule has 0 aliphatic carbocycles. The molecule has 0 unspecified atom stereocenters. The van der Waals surface area contributed by atoms with Gasteiger partial charge in [-0.05, 0) is 56.9 Å². The van der Waals surface area contributed by atoms with Crippen molar-refractivity contribution in [1.82, 2.24) is 9.80 Å². The summed E-state index contributed by atoms with van der Waals surface area (Å²) in [5, 5.41) is 0. The van der Waals surface area contributed by atoms with Crippen LogP contribution in [0.1, 0.15) is 25.0 Å². The number of likely N-dealkylation sites (N-methyl/N-ethyl adjacent to an activating group) is 1. The maximum Gasteiger partial charge on any atom is 0.236 e.